The molecule has 1 unspecified atom stereocenters. The van der Waals surface area contributed by atoms with Crippen LogP contribution in [0.2, 0.25) is 0 Å². The molecular weight excluding hydrogens is 216 g/mol. The zero-order valence-corrected chi connectivity index (χ0v) is 10.5. The Hall–Kier alpha value is -1.62. The number of aryl methyl sites for hydroxylation is 2. The van der Waals surface area contributed by atoms with Gasteiger partial charge in [-0.1, -0.05) is 12.1 Å². The summed E-state index contributed by atoms with van der Waals surface area (Å²) in [6, 6.07) is 2.09. The highest BCUT2D eigenvalue weighted by Gasteiger charge is 2.20. The normalized spacial score (nSPS) is 12.9. The van der Waals surface area contributed by atoms with Crippen LogP contribution in [-0.2, 0) is 6.54 Å². The van der Waals surface area contributed by atoms with Crippen LogP contribution in [0.4, 0.5) is 0 Å². The molecule has 0 saturated carbocycles. The van der Waals surface area contributed by atoms with E-state index in [1.165, 1.54) is 0 Å². The number of furan rings is 1. The number of hydrogen-bond acceptors (Lipinski definition) is 4. The number of aromatic nitrogens is 3. The first kappa shape index (κ1) is 11.9. The van der Waals surface area contributed by atoms with Crippen molar-refractivity contribution in [2.24, 2.45) is 0 Å². The van der Waals surface area contributed by atoms with Crippen LogP contribution < -0.4 is 5.32 Å². The first-order valence-electron chi connectivity index (χ1n) is 5.93. The van der Waals surface area contributed by atoms with E-state index in [0.717, 1.165) is 30.1 Å². The third-order valence-electron chi connectivity index (χ3n) is 2.86. The molecule has 17 heavy (non-hydrogen) atoms. The number of nitrogens with one attached hydrogen (secondary N) is 1. The molecule has 5 nitrogen and oxygen atoms in total. The summed E-state index contributed by atoms with van der Waals surface area (Å²) in [7, 11) is 0. The SMILES string of the molecule is CCNC(c1ccoc1C)c1cnnn1CC. The van der Waals surface area contributed by atoms with E-state index in [2.05, 4.69) is 29.5 Å². The summed E-state index contributed by atoms with van der Waals surface area (Å²) < 4.78 is 7.28. The molecule has 0 aliphatic carbocycles. The summed E-state index contributed by atoms with van der Waals surface area (Å²) in [6.07, 6.45) is 3.53. The largest absolute Gasteiger partial charge is 0.469 e. The third-order valence-corrected chi connectivity index (χ3v) is 2.86. The molecule has 2 rings (SSSR count). The van der Waals surface area contributed by atoms with Gasteiger partial charge in [0.15, 0.2) is 0 Å². The lowest BCUT2D eigenvalue weighted by molar-refractivity contribution is 0.504. The van der Waals surface area contributed by atoms with E-state index in [-0.39, 0.29) is 6.04 Å². The minimum absolute atomic E-state index is 0.0914. The van der Waals surface area contributed by atoms with Gasteiger partial charge in [0.1, 0.15) is 5.76 Å². The van der Waals surface area contributed by atoms with Crippen LogP contribution >= 0.6 is 0 Å². The first-order valence-corrected chi connectivity index (χ1v) is 5.93. The van der Waals surface area contributed by atoms with Gasteiger partial charge in [-0.25, -0.2) is 4.68 Å². The Bertz CT molecular complexity index is 474. The molecule has 2 aromatic heterocycles. The van der Waals surface area contributed by atoms with Crippen LogP contribution in [0.1, 0.15) is 36.9 Å². The lowest BCUT2D eigenvalue weighted by Gasteiger charge is -2.17. The summed E-state index contributed by atoms with van der Waals surface area (Å²) >= 11 is 0. The lowest BCUT2D eigenvalue weighted by atomic mass is 10.1. The molecule has 1 N–H and O–H groups in total. The van der Waals surface area contributed by atoms with Gasteiger partial charge >= 0.3 is 0 Å². The average molecular weight is 234 g/mol. The van der Waals surface area contributed by atoms with Crippen molar-refractivity contribution in [2.45, 2.75) is 33.4 Å². The highest BCUT2D eigenvalue weighted by atomic mass is 16.3. The quantitative estimate of drug-likeness (QED) is 0.858. The monoisotopic (exact) mass is 234 g/mol. The molecule has 0 aliphatic rings. The van der Waals surface area contributed by atoms with Crippen molar-refractivity contribution < 1.29 is 4.42 Å². The molecule has 0 amide bonds. The minimum atomic E-state index is 0.0914. The topological polar surface area (TPSA) is 55.9 Å². The predicted molar refractivity (Wildman–Crippen MR) is 64.7 cm³/mol. The van der Waals surface area contributed by atoms with Gasteiger partial charge in [-0.05, 0) is 26.5 Å². The van der Waals surface area contributed by atoms with Crippen LogP contribution in [-0.4, -0.2) is 21.5 Å². The molecule has 0 bridgehead atoms. The standard InChI is InChI=1S/C12H18N4O/c1-4-13-12(10-6-7-17-9(10)3)11-8-14-15-16(11)5-2/h6-8,12-13H,4-5H2,1-3H3. The van der Waals surface area contributed by atoms with Crippen molar-refractivity contribution in [2.75, 3.05) is 6.54 Å². The Labute approximate surface area is 101 Å². The van der Waals surface area contributed by atoms with Crippen LogP contribution in [0.25, 0.3) is 0 Å². The zero-order valence-electron chi connectivity index (χ0n) is 10.5. The predicted octanol–water partition coefficient (Wildman–Crippen LogP) is 1.90. The molecule has 0 radical (unpaired) electrons. The number of hydrogen-bond donors (Lipinski definition) is 1. The van der Waals surface area contributed by atoms with Crippen LogP contribution in [0, 0.1) is 6.92 Å². The molecule has 1 atom stereocenters. The highest BCUT2D eigenvalue weighted by molar-refractivity contribution is 5.28. The first-order chi connectivity index (χ1) is 8.27. The molecule has 0 spiro atoms. The van der Waals surface area contributed by atoms with Gasteiger partial charge in [-0.15, -0.1) is 5.10 Å². The van der Waals surface area contributed by atoms with Crippen molar-refractivity contribution in [3.8, 4) is 0 Å². The molecule has 2 aromatic rings. The van der Waals surface area contributed by atoms with Gasteiger partial charge in [-0.2, -0.15) is 0 Å². The summed E-state index contributed by atoms with van der Waals surface area (Å²) in [6.45, 7) is 7.81. The Kier molecular flexibility index (Phi) is 3.58. The maximum Gasteiger partial charge on any atom is 0.105 e. The Morgan fingerprint density at radius 1 is 1.47 bits per heavy atom. The van der Waals surface area contributed by atoms with E-state index in [1.54, 1.807) is 6.26 Å². The molecular formula is C12H18N4O. The molecule has 0 fully saturated rings. The van der Waals surface area contributed by atoms with E-state index in [4.69, 9.17) is 4.42 Å². The Balaban J connectivity index is 2.39. The minimum Gasteiger partial charge on any atom is -0.469 e. The van der Waals surface area contributed by atoms with Gasteiger partial charge in [-0.3, -0.25) is 0 Å². The zero-order chi connectivity index (χ0) is 12.3. The van der Waals surface area contributed by atoms with E-state index < -0.39 is 0 Å². The van der Waals surface area contributed by atoms with Gasteiger partial charge in [0, 0.05) is 12.1 Å². The molecule has 0 aliphatic heterocycles. The fraction of sp³-hybridized carbons (Fsp3) is 0.500. The lowest BCUT2D eigenvalue weighted by Crippen LogP contribution is -2.25. The van der Waals surface area contributed by atoms with E-state index >= 15 is 0 Å². The van der Waals surface area contributed by atoms with Crippen LogP contribution in [0.5, 0.6) is 0 Å². The highest BCUT2D eigenvalue weighted by Crippen LogP contribution is 2.24. The fourth-order valence-corrected chi connectivity index (χ4v) is 2.01. The second kappa shape index (κ2) is 5.14. The molecule has 0 aromatic carbocycles. The third kappa shape index (κ3) is 2.24. The van der Waals surface area contributed by atoms with Crippen LogP contribution in [0.15, 0.2) is 22.9 Å². The van der Waals surface area contributed by atoms with E-state index in [0.29, 0.717) is 0 Å². The second-order valence-electron chi connectivity index (χ2n) is 3.90. The summed E-state index contributed by atoms with van der Waals surface area (Å²) in [5.41, 5.74) is 2.21. The molecule has 92 valence electrons. The Morgan fingerprint density at radius 3 is 2.88 bits per heavy atom. The van der Waals surface area contributed by atoms with Gasteiger partial charge in [0.05, 0.1) is 24.2 Å². The van der Waals surface area contributed by atoms with Crippen molar-refractivity contribution in [1.82, 2.24) is 20.3 Å². The molecule has 0 saturated heterocycles. The summed E-state index contributed by atoms with van der Waals surface area (Å²) in [5.74, 6) is 0.930. The van der Waals surface area contributed by atoms with Gasteiger partial charge in [0.2, 0.25) is 0 Å². The fourth-order valence-electron chi connectivity index (χ4n) is 2.01. The van der Waals surface area contributed by atoms with Gasteiger partial charge < -0.3 is 9.73 Å². The summed E-state index contributed by atoms with van der Waals surface area (Å²) in [4.78, 5) is 0. The maximum atomic E-state index is 5.37. The molecule has 2 heterocycles. The van der Waals surface area contributed by atoms with E-state index in [1.807, 2.05) is 23.9 Å². The van der Waals surface area contributed by atoms with Crippen molar-refractivity contribution in [1.29, 1.82) is 0 Å². The average Bonchev–Trinajstić information content (AvgIpc) is 2.94. The summed E-state index contributed by atoms with van der Waals surface area (Å²) in [5, 5.41) is 11.5. The van der Waals surface area contributed by atoms with Crippen LogP contribution in [0.3, 0.4) is 0 Å². The van der Waals surface area contributed by atoms with Crippen molar-refractivity contribution in [3.05, 3.63) is 35.5 Å². The van der Waals surface area contributed by atoms with Gasteiger partial charge in [0.25, 0.3) is 0 Å². The Morgan fingerprint density at radius 2 is 2.29 bits per heavy atom. The smallest absolute Gasteiger partial charge is 0.105 e. The second-order valence-corrected chi connectivity index (χ2v) is 3.90. The van der Waals surface area contributed by atoms with Crippen molar-refractivity contribution in [3.63, 3.8) is 0 Å². The van der Waals surface area contributed by atoms with Crippen molar-refractivity contribution >= 4 is 0 Å². The molecule has 5 heteroatoms. The maximum absolute atomic E-state index is 5.37. The van der Waals surface area contributed by atoms with E-state index in [9.17, 15) is 0 Å². The number of nitrogens with zero attached hydrogens (tertiary/aromatic N) is 3. The number of rotatable bonds is 5.